The van der Waals surface area contributed by atoms with Crippen molar-refractivity contribution in [3.05, 3.63) is 77.6 Å². The average molecular weight is 508 g/mol. The number of fused-ring (bicyclic) bond motifs is 1. The van der Waals surface area contributed by atoms with Crippen LogP contribution in [0.15, 0.2) is 59.8 Å². The first-order valence-electron chi connectivity index (χ1n) is 11.7. The van der Waals surface area contributed by atoms with Gasteiger partial charge in [0.2, 0.25) is 5.91 Å². The summed E-state index contributed by atoms with van der Waals surface area (Å²) in [5.74, 6) is -1.52. The molecule has 3 aromatic rings. The van der Waals surface area contributed by atoms with Gasteiger partial charge in [-0.15, -0.1) is 11.8 Å². The van der Waals surface area contributed by atoms with Crippen molar-refractivity contribution in [1.29, 1.82) is 0 Å². The van der Waals surface area contributed by atoms with Crippen LogP contribution in [0.1, 0.15) is 46.3 Å². The molecule has 8 nitrogen and oxygen atoms in total. The molecular formula is C26H26FN5O3S. The molecule has 2 N–H and O–H groups in total. The molecule has 1 saturated carbocycles. The Balaban J connectivity index is 1.39. The maximum Gasteiger partial charge on any atom is 0.276 e. The van der Waals surface area contributed by atoms with Gasteiger partial charge in [-0.1, -0.05) is 18.2 Å². The number of hydrogen-bond donors (Lipinski definition) is 2. The second-order valence-electron chi connectivity index (χ2n) is 9.25. The van der Waals surface area contributed by atoms with Crippen LogP contribution in [0.2, 0.25) is 0 Å². The molecule has 0 saturated heterocycles. The van der Waals surface area contributed by atoms with Gasteiger partial charge in [0.05, 0.1) is 12.9 Å². The number of thioether (sulfide) groups is 1. The lowest BCUT2D eigenvalue weighted by molar-refractivity contribution is -0.133. The van der Waals surface area contributed by atoms with Gasteiger partial charge >= 0.3 is 0 Å². The maximum absolute atomic E-state index is 13.7. The Hall–Kier alpha value is -3.66. The molecule has 0 bridgehead atoms. The zero-order valence-corrected chi connectivity index (χ0v) is 20.8. The van der Waals surface area contributed by atoms with Crippen molar-refractivity contribution in [3.8, 4) is 0 Å². The number of aromatic nitrogens is 2. The zero-order valence-electron chi connectivity index (χ0n) is 20.0. The van der Waals surface area contributed by atoms with E-state index < -0.39 is 11.4 Å². The monoisotopic (exact) mass is 507 g/mol. The second-order valence-corrected chi connectivity index (χ2v) is 10.1. The smallest absolute Gasteiger partial charge is 0.276 e. The van der Waals surface area contributed by atoms with Gasteiger partial charge in [0.1, 0.15) is 17.1 Å². The van der Waals surface area contributed by atoms with Gasteiger partial charge < -0.3 is 20.1 Å². The minimum absolute atomic E-state index is 0.0361. The van der Waals surface area contributed by atoms with Gasteiger partial charge in [0.25, 0.3) is 11.8 Å². The second kappa shape index (κ2) is 9.42. The molecule has 1 aliphatic heterocycles. The quantitative estimate of drug-likeness (QED) is 0.476. The first-order chi connectivity index (χ1) is 17.3. The van der Waals surface area contributed by atoms with Crippen LogP contribution in [0, 0.1) is 5.82 Å². The number of benzene rings is 2. The molecule has 1 atom stereocenters. The van der Waals surface area contributed by atoms with Crippen LogP contribution in [0.25, 0.3) is 0 Å². The zero-order chi connectivity index (χ0) is 25.4. The first kappa shape index (κ1) is 24.1. The van der Waals surface area contributed by atoms with E-state index in [4.69, 9.17) is 0 Å². The van der Waals surface area contributed by atoms with Crippen LogP contribution < -0.4 is 10.6 Å². The molecule has 186 valence electrons. The fourth-order valence-corrected chi connectivity index (χ4v) is 5.05. The number of halogens is 1. The van der Waals surface area contributed by atoms with Crippen LogP contribution >= 0.6 is 11.8 Å². The van der Waals surface area contributed by atoms with Gasteiger partial charge in [-0.25, -0.2) is 9.37 Å². The predicted molar refractivity (Wildman–Crippen MR) is 134 cm³/mol. The number of anilines is 1. The molecule has 1 aromatic heterocycles. The van der Waals surface area contributed by atoms with E-state index in [0.717, 1.165) is 23.3 Å². The minimum atomic E-state index is -1.16. The van der Waals surface area contributed by atoms with Crippen molar-refractivity contribution in [2.45, 2.75) is 49.3 Å². The molecule has 0 radical (unpaired) electrons. The molecule has 2 heterocycles. The summed E-state index contributed by atoms with van der Waals surface area (Å²) < 4.78 is 14.8. The van der Waals surface area contributed by atoms with Crippen LogP contribution in [0.3, 0.4) is 0 Å². The summed E-state index contributed by atoms with van der Waals surface area (Å²) in [5, 5.41) is 5.73. The Morgan fingerprint density at radius 3 is 2.64 bits per heavy atom. The first-order valence-corrected chi connectivity index (χ1v) is 12.9. The number of imidazole rings is 1. The number of carbonyl (C=O) groups excluding carboxylic acids is 3. The van der Waals surface area contributed by atoms with Crippen LogP contribution in [0.4, 0.5) is 10.1 Å². The van der Waals surface area contributed by atoms with E-state index in [1.54, 1.807) is 46.4 Å². The van der Waals surface area contributed by atoms with E-state index in [0.29, 0.717) is 5.69 Å². The Labute approximate surface area is 212 Å². The summed E-state index contributed by atoms with van der Waals surface area (Å²) >= 11 is 1.56. The maximum atomic E-state index is 13.7. The average Bonchev–Trinajstić information content (AvgIpc) is 3.61. The highest BCUT2D eigenvalue weighted by Crippen LogP contribution is 2.39. The Bertz CT molecular complexity index is 1340. The van der Waals surface area contributed by atoms with Crippen LogP contribution in [0.5, 0.6) is 0 Å². The highest BCUT2D eigenvalue weighted by Gasteiger charge is 2.53. The van der Waals surface area contributed by atoms with Crippen molar-refractivity contribution >= 4 is 35.2 Å². The number of hydrogen-bond acceptors (Lipinski definition) is 5. The van der Waals surface area contributed by atoms with Crippen molar-refractivity contribution in [1.82, 2.24) is 19.8 Å². The number of amides is 3. The summed E-state index contributed by atoms with van der Waals surface area (Å²) in [6.07, 6.45) is 4.98. The van der Waals surface area contributed by atoms with E-state index in [2.05, 4.69) is 15.6 Å². The molecule has 2 aromatic carbocycles. The van der Waals surface area contributed by atoms with Gasteiger partial charge in [0, 0.05) is 23.2 Å². The Morgan fingerprint density at radius 1 is 1.19 bits per heavy atom. The lowest BCUT2D eigenvalue weighted by Crippen LogP contribution is -2.64. The molecule has 10 heteroatoms. The molecule has 1 aliphatic carbocycles. The van der Waals surface area contributed by atoms with Crippen LogP contribution in [-0.4, -0.2) is 50.0 Å². The van der Waals surface area contributed by atoms with Gasteiger partial charge in [-0.3, -0.25) is 14.4 Å². The van der Waals surface area contributed by atoms with E-state index in [-0.39, 0.29) is 48.2 Å². The Kier molecular flexibility index (Phi) is 6.29. The highest BCUT2D eigenvalue weighted by molar-refractivity contribution is 7.98. The van der Waals surface area contributed by atoms with Crippen LogP contribution in [-0.2, 0) is 17.9 Å². The third-order valence-electron chi connectivity index (χ3n) is 6.58. The summed E-state index contributed by atoms with van der Waals surface area (Å²) in [6, 6.07) is 13.2. The Morgan fingerprint density at radius 2 is 1.94 bits per heavy atom. The normalized spacial score (nSPS) is 19.1. The van der Waals surface area contributed by atoms with E-state index in [1.807, 2.05) is 24.5 Å². The number of nitrogens with one attached hydrogen (secondary N) is 2. The lowest BCUT2D eigenvalue weighted by Gasteiger charge is -2.44. The summed E-state index contributed by atoms with van der Waals surface area (Å²) in [7, 11) is 0. The topological polar surface area (TPSA) is 96.3 Å². The minimum Gasteiger partial charge on any atom is -0.350 e. The SMILES string of the molecule is CSc1cccc(NC(=O)c2ncn3c2C(=O)N(C2CC2)[C@](C)(C(=O)NCc2ccc(F)cc2)C3)c1. The van der Waals surface area contributed by atoms with Gasteiger partial charge in [-0.2, -0.15) is 0 Å². The third-order valence-corrected chi connectivity index (χ3v) is 7.30. The standard InChI is InChI=1S/C26H26FN5O3S/c1-26(25(35)28-13-16-6-8-17(27)9-7-16)14-31-15-29-21(22(31)24(34)32(26)19-10-11-19)23(33)30-18-4-3-5-20(12-18)36-2/h3-9,12,15,19H,10-11,13-14H2,1-2H3,(H,28,35)(H,30,33)/t26-/m0/s1. The molecule has 0 spiro atoms. The molecule has 36 heavy (non-hydrogen) atoms. The predicted octanol–water partition coefficient (Wildman–Crippen LogP) is 3.69. The highest BCUT2D eigenvalue weighted by atomic mass is 32.2. The number of rotatable bonds is 7. The summed E-state index contributed by atoms with van der Waals surface area (Å²) in [4.78, 5) is 47.1. The lowest BCUT2D eigenvalue weighted by atomic mass is 9.93. The molecule has 5 rings (SSSR count). The molecule has 2 aliphatic rings. The molecule has 1 fully saturated rings. The van der Waals surface area contributed by atoms with Crippen molar-refractivity contribution < 1.29 is 18.8 Å². The van der Waals surface area contributed by atoms with Crippen molar-refractivity contribution in [3.63, 3.8) is 0 Å². The number of carbonyl (C=O) groups is 3. The molecule has 0 unspecified atom stereocenters. The van der Waals surface area contributed by atoms with Crippen molar-refractivity contribution in [2.75, 3.05) is 11.6 Å². The summed E-state index contributed by atoms with van der Waals surface area (Å²) in [6.45, 7) is 2.11. The van der Waals surface area contributed by atoms with E-state index >= 15 is 0 Å². The fourth-order valence-electron chi connectivity index (χ4n) is 4.59. The van der Waals surface area contributed by atoms with Crippen molar-refractivity contribution in [2.24, 2.45) is 0 Å². The molecular weight excluding hydrogens is 481 g/mol. The van der Waals surface area contributed by atoms with E-state index in [1.165, 1.54) is 18.5 Å². The van der Waals surface area contributed by atoms with Gasteiger partial charge in [-0.05, 0) is 61.9 Å². The largest absolute Gasteiger partial charge is 0.350 e. The third kappa shape index (κ3) is 4.48. The number of nitrogens with zero attached hydrogens (tertiary/aromatic N) is 3. The fraction of sp³-hybridized carbons (Fsp3) is 0.308. The van der Waals surface area contributed by atoms with E-state index in [9.17, 15) is 18.8 Å². The molecule has 3 amide bonds. The summed E-state index contributed by atoms with van der Waals surface area (Å²) in [5.41, 5.74) is 0.423. The van der Waals surface area contributed by atoms with Gasteiger partial charge in [0.15, 0.2) is 5.69 Å².